The number of halogens is 2. The van der Waals surface area contributed by atoms with E-state index >= 15 is 0 Å². The number of anilines is 1. The molecule has 0 bridgehead atoms. The summed E-state index contributed by atoms with van der Waals surface area (Å²) in [7, 11) is -3.90. The summed E-state index contributed by atoms with van der Waals surface area (Å²) in [6.07, 6.45) is 2.11. The summed E-state index contributed by atoms with van der Waals surface area (Å²) in [5.41, 5.74) is 0.858. The fraction of sp³-hybridized carbons (Fsp3) is 0.278. The Labute approximate surface area is 167 Å². The molecule has 1 atom stereocenters. The molecule has 0 heterocycles. The number of hydrogen-bond acceptors (Lipinski definition) is 4. The molecule has 0 aliphatic carbocycles. The molecule has 0 saturated heterocycles. The molecule has 0 fully saturated rings. The summed E-state index contributed by atoms with van der Waals surface area (Å²) >= 11 is 7.18. The predicted octanol–water partition coefficient (Wildman–Crippen LogP) is 3.83. The fourth-order valence-corrected chi connectivity index (χ4v) is 4.12. The highest BCUT2D eigenvalue weighted by Gasteiger charge is 2.26. The summed E-state index contributed by atoms with van der Waals surface area (Å²) in [4.78, 5) is 12.6. The molecule has 0 radical (unpaired) electrons. The van der Waals surface area contributed by atoms with Crippen LogP contribution in [0.3, 0.4) is 0 Å². The second-order valence-corrected chi connectivity index (χ2v) is 9.02. The van der Waals surface area contributed by atoms with Gasteiger partial charge in [-0.15, -0.1) is 0 Å². The van der Waals surface area contributed by atoms with Gasteiger partial charge in [0.25, 0.3) is 0 Å². The van der Waals surface area contributed by atoms with Crippen molar-refractivity contribution < 1.29 is 17.6 Å². The van der Waals surface area contributed by atoms with Gasteiger partial charge in [-0.2, -0.15) is 16.5 Å². The normalized spacial score (nSPS) is 12.6. The van der Waals surface area contributed by atoms with E-state index in [1.54, 1.807) is 12.1 Å². The quantitative estimate of drug-likeness (QED) is 0.667. The van der Waals surface area contributed by atoms with E-state index in [9.17, 15) is 17.6 Å². The van der Waals surface area contributed by atoms with E-state index in [2.05, 4.69) is 10.0 Å². The van der Waals surface area contributed by atoms with Crippen LogP contribution in [0, 0.1) is 12.7 Å². The van der Waals surface area contributed by atoms with Crippen molar-refractivity contribution in [3.05, 3.63) is 58.9 Å². The van der Waals surface area contributed by atoms with Crippen LogP contribution in [-0.4, -0.2) is 32.4 Å². The van der Waals surface area contributed by atoms with E-state index in [1.807, 2.05) is 13.2 Å². The highest BCUT2D eigenvalue weighted by molar-refractivity contribution is 7.98. The molecule has 0 aliphatic heterocycles. The van der Waals surface area contributed by atoms with Crippen LogP contribution in [0.4, 0.5) is 10.1 Å². The average molecular weight is 431 g/mol. The van der Waals surface area contributed by atoms with Crippen molar-refractivity contribution in [1.29, 1.82) is 0 Å². The molecule has 1 amide bonds. The topological polar surface area (TPSA) is 75.3 Å². The van der Waals surface area contributed by atoms with Gasteiger partial charge in [0.15, 0.2) is 0 Å². The Morgan fingerprint density at radius 3 is 2.48 bits per heavy atom. The number of nitrogens with one attached hydrogen (secondary N) is 2. The summed E-state index contributed by atoms with van der Waals surface area (Å²) in [6, 6.07) is 9.09. The summed E-state index contributed by atoms with van der Waals surface area (Å²) in [5, 5.41) is 2.62. The first kappa shape index (κ1) is 21.7. The average Bonchev–Trinajstić information content (AvgIpc) is 2.61. The van der Waals surface area contributed by atoms with Gasteiger partial charge in [0, 0.05) is 5.02 Å². The maximum absolute atomic E-state index is 13.9. The van der Waals surface area contributed by atoms with Crippen LogP contribution in [-0.2, 0) is 14.8 Å². The van der Waals surface area contributed by atoms with Crippen molar-refractivity contribution in [1.82, 2.24) is 4.72 Å². The van der Waals surface area contributed by atoms with Crippen molar-refractivity contribution in [3.63, 3.8) is 0 Å². The fourth-order valence-electron chi connectivity index (χ4n) is 2.26. The number of benzene rings is 2. The van der Waals surface area contributed by atoms with E-state index in [0.717, 1.165) is 11.6 Å². The van der Waals surface area contributed by atoms with E-state index < -0.39 is 27.8 Å². The predicted molar refractivity (Wildman–Crippen MR) is 108 cm³/mol. The van der Waals surface area contributed by atoms with Gasteiger partial charge >= 0.3 is 0 Å². The second kappa shape index (κ2) is 9.54. The molecule has 0 saturated carbocycles. The minimum Gasteiger partial charge on any atom is -0.322 e. The zero-order valence-corrected chi connectivity index (χ0v) is 17.2. The van der Waals surface area contributed by atoms with Crippen molar-refractivity contribution in [2.45, 2.75) is 24.3 Å². The van der Waals surface area contributed by atoms with Crippen LogP contribution in [0.25, 0.3) is 0 Å². The van der Waals surface area contributed by atoms with Gasteiger partial charge in [0.2, 0.25) is 15.9 Å². The van der Waals surface area contributed by atoms with Gasteiger partial charge in [0.05, 0.1) is 10.6 Å². The zero-order valence-electron chi connectivity index (χ0n) is 14.8. The van der Waals surface area contributed by atoms with Crippen LogP contribution in [0.2, 0.25) is 5.02 Å². The SMILES string of the molecule is CSCCC(NS(=O)(=O)c1ccc(C)cc1)C(=O)Nc1ccc(Cl)cc1F. The first-order chi connectivity index (χ1) is 12.7. The molecule has 0 aromatic heterocycles. The Balaban J connectivity index is 2.20. The number of amides is 1. The highest BCUT2D eigenvalue weighted by Crippen LogP contribution is 2.20. The molecule has 0 spiro atoms. The third kappa shape index (κ3) is 6.21. The number of hydrogen-bond donors (Lipinski definition) is 2. The Morgan fingerprint density at radius 2 is 1.89 bits per heavy atom. The lowest BCUT2D eigenvalue weighted by Crippen LogP contribution is -2.44. The molecular formula is C18H20ClFN2O3S2. The lowest BCUT2D eigenvalue weighted by Gasteiger charge is -2.18. The van der Waals surface area contributed by atoms with Crippen LogP contribution in [0.1, 0.15) is 12.0 Å². The molecule has 2 aromatic rings. The smallest absolute Gasteiger partial charge is 0.242 e. The van der Waals surface area contributed by atoms with Gasteiger partial charge in [-0.3, -0.25) is 4.79 Å². The first-order valence-corrected chi connectivity index (χ1v) is 11.3. The maximum Gasteiger partial charge on any atom is 0.242 e. The molecule has 27 heavy (non-hydrogen) atoms. The van der Waals surface area contributed by atoms with E-state index in [-0.39, 0.29) is 22.0 Å². The molecule has 1 unspecified atom stereocenters. The van der Waals surface area contributed by atoms with E-state index in [0.29, 0.717) is 5.75 Å². The monoisotopic (exact) mass is 430 g/mol. The number of carbonyl (C=O) groups is 1. The summed E-state index contributed by atoms with van der Waals surface area (Å²) in [6.45, 7) is 1.85. The number of thioether (sulfide) groups is 1. The van der Waals surface area contributed by atoms with Gasteiger partial charge in [-0.05, 0) is 55.7 Å². The maximum atomic E-state index is 13.9. The number of aryl methyl sites for hydroxylation is 1. The molecule has 0 aliphatic rings. The third-order valence-electron chi connectivity index (χ3n) is 3.74. The largest absolute Gasteiger partial charge is 0.322 e. The second-order valence-electron chi connectivity index (χ2n) is 5.88. The van der Waals surface area contributed by atoms with Crippen LogP contribution >= 0.6 is 23.4 Å². The molecule has 2 N–H and O–H groups in total. The van der Waals surface area contributed by atoms with Crippen LogP contribution < -0.4 is 10.0 Å². The molecule has 5 nitrogen and oxygen atoms in total. The third-order valence-corrected chi connectivity index (χ3v) is 6.11. The van der Waals surface area contributed by atoms with Gasteiger partial charge in [0.1, 0.15) is 11.9 Å². The minimum absolute atomic E-state index is 0.0620. The standard InChI is InChI=1S/C18H20ClFN2O3S2/c1-12-3-6-14(7-4-12)27(24,25)22-17(9-10-26-2)18(23)21-16-8-5-13(19)11-15(16)20/h3-8,11,17,22H,9-10H2,1-2H3,(H,21,23). The molecule has 2 rings (SSSR count). The molecule has 146 valence electrons. The Morgan fingerprint density at radius 1 is 1.22 bits per heavy atom. The van der Waals surface area contributed by atoms with Gasteiger partial charge < -0.3 is 5.32 Å². The van der Waals surface area contributed by atoms with Crippen LogP contribution in [0.15, 0.2) is 47.4 Å². The number of sulfonamides is 1. The Kier molecular flexibility index (Phi) is 7.67. The Bertz CT molecular complexity index is 905. The number of rotatable bonds is 8. The van der Waals surface area contributed by atoms with E-state index in [4.69, 9.17) is 11.6 Å². The van der Waals surface area contributed by atoms with E-state index in [1.165, 1.54) is 36.0 Å². The molecule has 2 aromatic carbocycles. The Hall–Kier alpha value is -1.61. The van der Waals surface area contributed by atoms with Gasteiger partial charge in [-0.25, -0.2) is 12.8 Å². The lowest BCUT2D eigenvalue weighted by molar-refractivity contribution is -0.117. The molecule has 9 heteroatoms. The summed E-state index contributed by atoms with van der Waals surface area (Å²) in [5.74, 6) is -0.778. The van der Waals surface area contributed by atoms with Crippen LogP contribution in [0.5, 0.6) is 0 Å². The first-order valence-electron chi connectivity index (χ1n) is 8.07. The molecular weight excluding hydrogens is 411 g/mol. The van der Waals surface area contributed by atoms with Crippen molar-refractivity contribution in [2.75, 3.05) is 17.3 Å². The number of carbonyl (C=O) groups excluding carboxylic acids is 1. The van der Waals surface area contributed by atoms with Crippen molar-refractivity contribution in [3.8, 4) is 0 Å². The highest BCUT2D eigenvalue weighted by atomic mass is 35.5. The summed E-state index contributed by atoms with van der Waals surface area (Å²) < 4.78 is 41.5. The minimum atomic E-state index is -3.90. The lowest BCUT2D eigenvalue weighted by atomic mass is 10.2. The van der Waals surface area contributed by atoms with Crippen molar-refractivity contribution in [2.24, 2.45) is 0 Å². The zero-order chi connectivity index (χ0) is 20.0. The van der Waals surface area contributed by atoms with Gasteiger partial charge in [-0.1, -0.05) is 29.3 Å². The van der Waals surface area contributed by atoms with Crippen molar-refractivity contribution >= 4 is 45.0 Å².